The molecule has 7 heteroatoms. The first-order valence-electron chi connectivity index (χ1n) is 7.40. The molecule has 1 aliphatic heterocycles. The van der Waals surface area contributed by atoms with Gasteiger partial charge in [0.15, 0.2) is 0 Å². The average molecular weight is 326 g/mol. The molecule has 1 aliphatic rings. The van der Waals surface area contributed by atoms with Crippen molar-refractivity contribution in [2.45, 2.75) is 38.8 Å². The van der Waals surface area contributed by atoms with Crippen molar-refractivity contribution < 1.29 is 23.1 Å². The quantitative estimate of drug-likeness (QED) is 0.909. The van der Waals surface area contributed by atoms with Crippen LogP contribution in [0.4, 0.5) is 13.6 Å². The smallest absolute Gasteiger partial charge is 0.410 e. The summed E-state index contributed by atoms with van der Waals surface area (Å²) in [5.41, 5.74) is -1.21. The molecule has 126 valence electrons. The van der Waals surface area contributed by atoms with Gasteiger partial charge in [0.25, 0.3) is 5.91 Å². The Hall–Kier alpha value is -2.18. The topological polar surface area (TPSA) is 58.6 Å². The number of likely N-dealkylation sites (tertiary alicyclic amines) is 1. The fourth-order valence-electron chi connectivity index (χ4n) is 2.34. The number of amides is 2. The number of ether oxygens (including phenoxy) is 1. The van der Waals surface area contributed by atoms with Gasteiger partial charge in [0, 0.05) is 19.1 Å². The van der Waals surface area contributed by atoms with E-state index in [4.69, 9.17) is 4.74 Å². The summed E-state index contributed by atoms with van der Waals surface area (Å²) in [6.07, 6.45) is 0.0347. The molecule has 1 aromatic rings. The number of benzene rings is 1. The minimum Gasteiger partial charge on any atom is -0.444 e. The van der Waals surface area contributed by atoms with E-state index in [-0.39, 0.29) is 12.6 Å². The lowest BCUT2D eigenvalue weighted by Gasteiger charge is -2.24. The van der Waals surface area contributed by atoms with E-state index in [1.54, 1.807) is 20.8 Å². The monoisotopic (exact) mass is 326 g/mol. The van der Waals surface area contributed by atoms with Crippen molar-refractivity contribution >= 4 is 12.0 Å². The molecule has 1 aromatic carbocycles. The Labute approximate surface area is 133 Å². The molecule has 0 radical (unpaired) electrons. The molecule has 2 rings (SSSR count). The van der Waals surface area contributed by atoms with Crippen LogP contribution in [-0.2, 0) is 4.74 Å². The summed E-state index contributed by atoms with van der Waals surface area (Å²) in [6, 6.07) is 2.88. The number of rotatable bonds is 2. The maximum absolute atomic E-state index is 13.6. The number of carbonyl (C=O) groups is 2. The van der Waals surface area contributed by atoms with Gasteiger partial charge in [-0.05, 0) is 39.3 Å². The molecule has 0 unspecified atom stereocenters. The van der Waals surface area contributed by atoms with Crippen LogP contribution in [0.5, 0.6) is 0 Å². The highest BCUT2D eigenvalue weighted by Gasteiger charge is 2.31. The fourth-order valence-corrected chi connectivity index (χ4v) is 2.34. The summed E-state index contributed by atoms with van der Waals surface area (Å²) in [5.74, 6) is -2.65. The zero-order chi connectivity index (χ0) is 17.2. The third kappa shape index (κ3) is 4.40. The van der Waals surface area contributed by atoms with E-state index in [1.807, 2.05) is 0 Å². The molecule has 0 aromatic heterocycles. The molecule has 0 aliphatic carbocycles. The molecule has 23 heavy (non-hydrogen) atoms. The van der Waals surface area contributed by atoms with Crippen LogP contribution in [0, 0.1) is 11.6 Å². The molecule has 1 heterocycles. The van der Waals surface area contributed by atoms with Crippen molar-refractivity contribution in [3.63, 3.8) is 0 Å². The van der Waals surface area contributed by atoms with Gasteiger partial charge in [-0.15, -0.1) is 0 Å². The van der Waals surface area contributed by atoms with Crippen LogP contribution in [0.15, 0.2) is 18.2 Å². The highest BCUT2D eigenvalue weighted by atomic mass is 19.1. The SMILES string of the molecule is CC(C)(C)OC(=O)N1CC[C@H](NC(=O)c2c(F)cccc2F)C1. The number of carbonyl (C=O) groups excluding carboxylic acids is 2. The lowest BCUT2D eigenvalue weighted by Crippen LogP contribution is -2.40. The largest absolute Gasteiger partial charge is 0.444 e. The Balaban J connectivity index is 1.96. The Bertz CT molecular complexity index is 594. The Morgan fingerprint density at radius 3 is 2.43 bits per heavy atom. The minimum atomic E-state index is -0.913. The van der Waals surface area contributed by atoms with Crippen molar-refractivity contribution in [2.24, 2.45) is 0 Å². The summed E-state index contributed by atoms with van der Waals surface area (Å²) in [6.45, 7) is 5.96. The molecular formula is C16H20F2N2O3. The van der Waals surface area contributed by atoms with Crippen LogP contribution >= 0.6 is 0 Å². The summed E-state index contributed by atoms with van der Waals surface area (Å²) in [7, 11) is 0. The molecule has 0 spiro atoms. The normalized spacial score (nSPS) is 18.0. The van der Waals surface area contributed by atoms with E-state index in [0.717, 1.165) is 12.1 Å². The first-order chi connectivity index (χ1) is 10.7. The summed E-state index contributed by atoms with van der Waals surface area (Å²) >= 11 is 0. The standard InChI is InChI=1S/C16H20F2N2O3/c1-16(2,3)23-15(22)20-8-7-10(9-20)19-14(21)13-11(17)5-4-6-12(13)18/h4-6,10H,7-9H2,1-3H3,(H,19,21)/t10-/m0/s1. The molecule has 1 atom stereocenters. The van der Waals surface area contributed by atoms with Crippen molar-refractivity contribution in [1.29, 1.82) is 0 Å². The van der Waals surface area contributed by atoms with Gasteiger partial charge in [-0.25, -0.2) is 13.6 Å². The molecule has 1 fully saturated rings. The highest BCUT2D eigenvalue weighted by molar-refractivity contribution is 5.95. The van der Waals surface area contributed by atoms with E-state index in [0.29, 0.717) is 13.0 Å². The predicted molar refractivity (Wildman–Crippen MR) is 80.0 cm³/mol. The molecule has 0 bridgehead atoms. The summed E-state index contributed by atoms with van der Waals surface area (Å²) in [4.78, 5) is 25.4. The van der Waals surface area contributed by atoms with Crippen LogP contribution < -0.4 is 5.32 Å². The van der Waals surface area contributed by atoms with E-state index in [9.17, 15) is 18.4 Å². The first-order valence-corrected chi connectivity index (χ1v) is 7.40. The molecule has 0 saturated carbocycles. The second kappa shape index (κ2) is 6.52. The predicted octanol–water partition coefficient (Wildman–Crippen LogP) is 2.70. The van der Waals surface area contributed by atoms with Crippen LogP contribution in [0.25, 0.3) is 0 Å². The molecule has 1 saturated heterocycles. The van der Waals surface area contributed by atoms with E-state index < -0.39 is 34.8 Å². The lowest BCUT2D eigenvalue weighted by molar-refractivity contribution is 0.0290. The highest BCUT2D eigenvalue weighted by Crippen LogP contribution is 2.17. The molecule has 5 nitrogen and oxygen atoms in total. The number of halogens is 2. The third-order valence-corrected chi connectivity index (χ3v) is 3.36. The zero-order valence-electron chi connectivity index (χ0n) is 13.4. The van der Waals surface area contributed by atoms with Gasteiger partial charge in [0.1, 0.15) is 22.8 Å². The van der Waals surface area contributed by atoms with E-state index >= 15 is 0 Å². The molecular weight excluding hydrogens is 306 g/mol. The molecule has 2 amide bonds. The number of nitrogens with one attached hydrogen (secondary N) is 1. The number of nitrogens with zero attached hydrogens (tertiary/aromatic N) is 1. The molecule has 1 N–H and O–H groups in total. The minimum absolute atomic E-state index is 0.247. The summed E-state index contributed by atoms with van der Waals surface area (Å²) < 4.78 is 32.4. The zero-order valence-corrected chi connectivity index (χ0v) is 13.4. The van der Waals surface area contributed by atoms with Crippen molar-refractivity contribution in [1.82, 2.24) is 10.2 Å². The second-order valence-corrected chi connectivity index (χ2v) is 6.48. The van der Waals surface area contributed by atoms with E-state index in [1.165, 1.54) is 11.0 Å². The van der Waals surface area contributed by atoms with Crippen molar-refractivity contribution in [2.75, 3.05) is 13.1 Å². The maximum atomic E-state index is 13.6. The Morgan fingerprint density at radius 2 is 1.87 bits per heavy atom. The second-order valence-electron chi connectivity index (χ2n) is 6.48. The average Bonchev–Trinajstić information content (AvgIpc) is 2.85. The van der Waals surface area contributed by atoms with Crippen LogP contribution in [0.2, 0.25) is 0 Å². The maximum Gasteiger partial charge on any atom is 0.410 e. The van der Waals surface area contributed by atoms with Crippen LogP contribution in [0.3, 0.4) is 0 Å². The van der Waals surface area contributed by atoms with Gasteiger partial charge in [-0.2, -0.15) is 0 Å². The Kier molecular flexibility index (Phi) is 4.87. The Morgan fingerprint density at radius 1 is 1.26 bits per heavy atom. The third-order valence-electron chi connectivity index (χ3n) is 3.36. The first kappa shape index (κ1) is 17.2. The van der Waals surface area contributed by atoms with Gasteiger partial charge in [0.2, 0.25) is 0 Å². The van der Waals surface area contributed by atoms with Crippen LogP contribution in [0.1, 0.15) is 37.6 Å². The van der Waals surface area contributed by atoms with Crippen molar-refractivity contribution in [3.05, 3.63) is 35.4 Å². The van der Waals surface area contributed by atoms with Gasteiger partial charge >= 0.3 is 6.09 Å². The number of hydrogen-bond donors (Lipinski definition) is 1. The lowest BCUT2D eigenvalue weighted by atomic mass is 10.1. The van der Waals surface area contributed by atoms with Crippen molar-refractivity contribution in [3.8, 4) is 0 Å². The van der Waals surface area contributed by atoms with E-state index in [2.05, 4.69) is 5.32 Å². The van der Waals surface area contributed by atoms with Crippen LogP contribution in [-0.4, -0.2) is 41.6 Å². The number of hydrogen-bond acceptors (Lipinski definition) is 3. The van der Waals surface area contributed by atoms with Gasteiger partial charge < -0.3 is 15.0 Å². The van der Waals surface area contributed by atoms with Gasteiger partial charge in [-0.1, -0.05) is 6.07 Å². The summed E-state index contributed by atoms with van der Waals surface area (Å²) in [5, 5.41) is 2.56. The van der Waals surface area contributed by atoms with Gasteiger partial charge in [0.05, 0.1) is 0 Å². The fraction of sp³-hybridized carbons (Fsp3) is 0.500. The van der Waals surface area contributed by atoms with Gasteiger partial charge in [-0.3, -0.25) is 4.79 Å².